The molecule has 0 radical (unpaired) electrons. The molecule has 0 bridgehead atoms. The van der Waals surface area contributed by atoms with Crippen molar-refractivity contribution in [1.82, 2.24) is 0 Å². The first kappa shape index (κ1) is 18.4. The summed E-state index contributed by atoms with van der Waals surface area (Å²) in [6.45, 7) is 3.10. The van der Waals surface area contributed by atoms with E-state index in [2.05, 4.69) is 10.6 Å². The van der Waals surface area contributed by atoms with Crippen molar-refractivity contribution in [2.45, 2.75) is 19.8 Å². The summed E-state index contributed by atoms with van der Waals surface area (Å²) in [4.78, 5) is 37.8. The minimum Gasteiger partial charge on any atom is -0.494 e. The first-order chi connectivity index (χ1) is 13.1. The van der Waals surface area contributed by atoms with E-state index in [-0.39, 0.29) is 5.91 Å². The molecule has 2 aromatic carbocycles. The average Bonchev–Trinajstić information content (AvgIpc) is 3.10. The zero-order valence-corrected chi connectivity index (χ0v) is 15.0. The van der Waals surface area contributed by atoms with Gasteiger partial charge in [-0.2, -0.15) is 0 Å². The number of carbonyl (C=O) groups excluding carboxylic acids is 3. The topological polar surface area (TPSA) is 87.7 Å². The van der Waals surface area contributed by atoms with Gasteiger partial charge in [-0.3, -0.25) is 14.4 Å². The van der Waals surface area contributed by atoms with Crippen LogP contribution in [-0.2, 0) is 14.4 Å². The Labute approximate surface area is 157 Å². The van der Waals surface area contributed by atoms with Gasteiger partial charge in [0.2, 0.25) is 5.91 Å². The lowest BCUT2D eigenvalue weighted by atomic mass is 10.2. The van der Waals surface area contributed by atoms with Gasteiger partial charge in [0.15, 0.2) is 0 Å². The van der Waals surface area contributed by atoms with Crippen molar-refractivity contribution in [2.75, 3.05) is 28.7 Å². The number of hydrogen-bond donors (Lipinski definition) is 2. The van der Waals surface area contributed by atoms with Gasteiger partial charge in [-0.05, 0) is 55.8 Å². The van der Waals surface area contributed by atoms with Gasteiger partial charge in [-0.25, -0.2) is 0 Å². The van der Waals surface area contributed by atoms with Gasteiger partial charge in [0.05, 0.1) is 6.61 Å². The highest BCUT2D eigenvalue weighted by Gasteiger charge is 2.22. The van der Waals surface area contributed by atoms with Crippen LogP contribution in [0.3, 0.4) is 0 Å². The quantitative estimate of drug-likeness (QED) is 0.796. The van der Waals surface area contributed by atoms with Crippen LogP contribution in [0.1, 0.15) is 19.8 Å². The van der Waals surface area contributed by atoms with Crippen molar-refractivity contribution >= 4 is 34.8 Å². The molecular formula is C20H21N3O4. The Balaban J connectivity index is 1.61. The highest BCUT2D eigenvalue weighted by atomic mass is 16.5. The molecule has 0 aliphatic carbocycles. The molecule has 7 heteroatoms. The fourth-order valence-corrected chi connectivity index (χ4v) is 2.85. The number of nitrogens with zero attached hydrogens (tertiary/aromatic N) is 1. The first-order valence-corrected chi connectivity index (χ1v) is 8.82. The molecule has 1 aliphatic rings. The van der Waals surface area contributed by atoms with Crippen LogP contribution in [0.15, 0.2) is 48.5 Å². The summed E-state index contributed by atoms with van der Waals surface area (Å²) < 4.78 is 5.33. The van der Waals surface area contributed by atoms with Gasteiger partial charge in [0.25, 0.3) is 0 Å². The van der Waals surface area contributed by atoms with Crippen LogP contribution in [0.5, 0.6) is 5.75 Å². The predicted octanol–water partition coefficient (Wildman–Crippen LogP) is 2.79. The maximum Gasteiger partial charge on any atom is 0.314 e. The lowest BCUT2D eigenvalue weighted by Crippen LogP contribution is -2.29. The van der Waals surface area contributed by atoms with Crippen LogP contribution >= 0.6 is 0 Å². The Bertz CT molecular complexity index is 849. The Kier molecular flexibility index (Phi) is 5.71. The van der Waals surface area contributed by atoms with Crippen molar-refractivity contribution < 1.29 is 19.1 Å². The molecule has 0 saturated carbocycles. The molecule has 7 nitrogen and oxygen atoms in total. The fraction of sp³-hybridized carbons (Fsp3) is 0.250. The second-order valence-electron chi connectivity index (χ2n) is 6.06. The molecule has 0 unspecified atom stereocenters. The average molecular weight is 367 g/mol. The third kappa shape index (κ3) is 4.63. The van der Waals surface area contributed by atoms with E-state index in [0.717, 1.165) is 6.42 Å². The van der Waals surface area contributed by atoms with Gasteiger partial charge in [-0.15, -0.1) is 0 Å². The highest BCUT2D eigenvalue weighted by Crippen LogP contribution is 2.24. The summed E-state index contributed by atoms with van der Waals surface area (Å²) in [5, 5.41) is 5.10. The van der Waals surface area contributed by atoms with E-state index in [9.17, 15) is 14.4 Å². The van der Waals surface area contributed by atoms with Crippen molar-refractivity contribution in [3.8, 4) is 5.75 Å². The number of hydrogen-bond acceptors (Lipinski definition) is 4. The van der Waals surface area contributed by atoms with Crippen LogP contribution in [0.2, 0.25) is 0 Å². The summed E-state index contributed by atoms with van der Waals surface area (Å²) in [5.41, 5.74) is 1.66. The van der Waals surface area contributed by atoms with E-state index in [1.54, 1.807) is 53.4 Å². The molecule has 1 saturated heterocycles. The smallest absolute Gasteiger partial charge is 0.314 e. The minimum absolute atomic E-state index is 0.0618. The summed E-state index contributed by atoms with van der Waals surface area (Å²) >= 11 is 0. The zero-order valence-electron chi connectivity index (χ0n) is 15.0. The SMILES string of the molecule is CCOc1ccc(NC(=O)C(=O)Nc2cccc(N3CCCC3=O)c2)cc1. The number of amides is 3. The third-order valence-corrected chi connectivity index (χ3v) is 4.12. The van der Waals surface area contributed by atoms with Crippen LogP contribution in [0.25, 0.3) is 0 Å². The molecule has 3 rings (SSSR count). The van der Waals surface area contributed by atoms with E-state index < -0.39 is 11.8 Å². The molecule has 0 aromatic heterocycles. The molecule has 2 aromatic rings. The molecule has 3 amide bonds. The summed E-state index contributed by atoms with van der Waals surface area (Å²) in [7, 11) is 0. The third-order valence-electron chi connectivity index (χ3n) is 4.12. The Hall–Kier alpha value is -3.35. The van der Waals surface area contributed by atoms with E-state index in [1.807, 2.05) is 6.92 Å². The van der Waals surface area contributed by atoms with Crippen molar-refractivity contribution in [3.63, 3.8) is 0 Å². The van der Waals surface area contributed by atoms with Crippen molar-refractivity contribution in [3.05, 3.63) is 48.5 Å². The van der Waals surface area contributed by atoms with Crippen LogP contribution < -0.4 is 20.3 Å². The molecule has 27 heavy (non-hydrogen) atoms. The van der Waals surface area contributed by atoms with E-state index >= 15 is 0 Å². The maximum absolute atomic E-state index is 12.2. The molecule has 1 heterocycles. The molecule has 140 valence electrons. The largest absolute Gasteiger partial charge is 0.494 e. The molecular weight excluding hydrogens is 346 g/mol. The number of carbonyl (C=O) groups is 3. The standard InChI is InChI=1S/C20H21N3O4/c1-2-27-17-10-8-14(9-11-17)21-19(25)20(26)22-15-5-3-6-16(13-15)23-12-4-7-18(23)24/h3,5-6,8-11,13H,2,4,7,12H2,1H3,(H,21,25)(H,22,26). The number of ether oxygens (including phenoxy) is 1. The number of anilines is 3. The van der Waals surface area contributed by atoms with Gasteiger partial charge in [0.1, 0.15) is 5.75 Å². The Morgan fingerprint density at radius 3 is 2.37 bits per heavy atom. The zero-order chi connectivity index (χ0) is 19.2. The fourth-order valence-electron chi connectivity index (χ4n) is 2.85. The van der Waals surface area contributed by atoms with Crippen LogP contribution in [0.4, 0.5) is 17.1 Å². The Morgan fingerprint density at radius 1 is 1.04 bits per heavy atom. The second kappa shape index (κ2) is 8.35. The second-order valence-corrected chi connectivity index (χ2v) is 6.06. The lowest BCUT2D eigenvalue weighted by molar-refractivity contribution is -0.132. The molecule has 0 spiro atoms. The summed E-state index contributed by atoms with van der Waals surface area (Å²) in [6, 6.07) is 13.7. The van der Waals surface area contributed by atoms with Crippen LogP contribution in [0, 0.1) is 0 Å². The first-order valence-electron chi connectivity index (χ1n) is 8.82. The molecule has 1 aliphatic heterocycles. The van der Waals surface area contributed by atoms with Gasteiger partial charge in [0, 0.05) is 30.0 Å². The molecule has 1 fully saturated rings. The minimum atomic E-state index is -0.784. The Morgan fingerprint density at radius 2 is 1.74 bits per heavy atom. The van der Waals surface area contributed by atoms with E-state index in [4.69, 9.17) is 4.74 Å². The van der Waals surface area contributed by atoms with Gasteiger partial charge >= 0.3 is 11.8 Å². The van der Waals surface area contributed by atoms with Gasteiger partial charge in [-0.1, -0.05) is 6.07 Å². The normalized spacial score (nSPS) is 13.4. The maximum atomic E-state index is 12.2. The predicted molar refractivity (Wildman–Crippen MR) is 103 cm³/mol. The van der Waals surface area contributed by atoms with Gasteiger partial charge < -0.3 is 20.3 Å². The lowest BCUT2D eigenvalue weighted by Gasteiger charge is -2.16. The van der Waals surface area contributed by atoms with E-state index in [1.165, 1.54) is 0 Å². The van der Waals surface area contributed by atoms with Crippen LogP contribution in [-0.4, -0.2) is 30.9 Å². The number of rotatable bonds is 5. The number of nitrogens with one attached hydrogen (secondary N) is 2. The van der Waals surface area contributed by atoms with Crippen molar-refractivity contribution in [1.29, 1.82) is 0 Å². The molecule has 2 N–H and O–H groups in total. The monoisotopic (exact) mass is 367 g/mol. The summed E-state index contributed by atoms with van der Waals surface area (Å²) in [6.07, 6.45) is 1.35. The van der Waals surface area contributed by atoms with Crippen molar-refractivity contribution in [2.24, 2.45) is 0 Å². The molecule has 0 atom stereocenters. The highest BCUT2D eigenvalue weighted by molar-refractivity contribution is 6.43. The summed E-state index contributed by atoms with van der Waals surface area (Å²) in [5.74, 6) is -0.810. The van der Waals surface area contributed by atoms with E-state index in [0.29, 0.717) is 42.4 Å². The number of benzene rings is 2.